The number of benzene rings is 2. The first kappa shape index (κ1) is 15.4. The third kappa shape index (κ3) is 4.23. The summed E-state index contributed by atoms with van der Waals surface area (Å²) in [4.78, 5) is 11.7. The number of carbonyl (C=O) groups excluding carboxylic acids is 1. The minimum atomic E-state index is -0.534. The number of hydrogen-bond donors (Lipinski definition) is 1. The van der Waals surface area contributed by atoms with Gasteiger partial charge in [0.15, 0.2) is 0 Å². The Morgan fingerprint density at radius 3 is 2.55 bits per heavy atom. The summed E-state index contributed by atoms with van der Waals surface area (Å²) in [6, 6.07) is 12.9. The van der Waals surface area contributed by atoms with E-state index in [1.807, 2.05) is 30.3 Å². The summed E-state index contributed by atoms with van der Waals surface area (Å²) in [7, 11) is 0. The van der Waals surface area contributed by atoms with E-state index < -0.39 is 6.09 Å². The Morgan fingerprint density at radius 1 is 1.15 bits per heavy atom. The smallest absolute Gasteiger partial charge is 0.411 e. The van der Waals surface area contributed by atoms with Crippen molar-refractivity contribution in [3.63, 3.8) is 0 Å². The molecule has 0 unspecified atom stereocenters. The zero-order chi connectivity index (χ0) is 14.5. The van der Waals surface area contributed by atoms with Gasteiger partial charge in [-0.2, -0.15) is 0 Å². The average Bonchev–Trinajstić information content (AvgIpc) is 2.44. The molecular weight excluding hydrogens is 409 g/mol. The van der Waals surface area contributed by atoms with Crippen LogP contribution in [0.4, 0.5) is 10.5 Å². The van der Waals surface area contributed by atoms with E-state index in [1.165, 1.54) is 0 Å². The van der Waals surface area contributed by atoms with Crippen LogP contribution in [-0.4, -0.2) is 6.09 Å². The summed E-state index contributed by atoms with van der Waals surface area (Å²) in [6.07, 6.45) is -0.534. The quantitative estimate of drug-likeness (QED) is 0.657. The molecule has 0 saturated heterocycles. The van der Waals surface area contributed by atoms with Gasteiger partial charge in [-0.15, -0.1) is 0 Å². The summed E-state index contributed by atoms with van der Waals surface area (Å²) in [6.45, 7) is 0.217. The van der Waals surface area contributed by atoms with Crippen molar-refractivity contribution in [2.45, 2.75) is 6.61 Å². The van der Waals surface area contributed by atoms with E-state index in [2.05, 4.69) is 37.2 Å². The molecule has 0 heterocycles. The van der Waals surface area contributed by atoms with Crippen LogP contribution >= 0.6 is 43.5 Å². The third-order valence-electron chi connectivity index (χ3n) is 2.46. The minimum Gasteiger partial charge on any atom is -0.444 e. The number of anilines is 1. The third-order valence-corrected chi connectivity index (χ3v) is 4.31. The van der Waals surface area contributed by atoms with Gasteiger partial charge in [-0.25, -0.2) is 4.79 Å². The Morgan fingerprint density at radius 2 is 1.85 bits per heavy atom. The molecule has 104 valence electrons. The van der Waals surface area contributed by atoms with Crippen molar-refractivity contribution >= 4 is 55.2 Å². The van der Waals surface area contributed by atoms with Crippen LogP contribution in [0.15, 0.2) is 51.4 Å². The minimum absolute atomic E-state index is 0.217. The van der Waals surface area contributed by atoms with Crippen molar-refractivity contribution < 1.29 is 9.53 Å². The number of hydrogen-bond acceptors (Lipinski definition) is 2. The van der Waals surface area contributed by atoms with Crippen LogP contribution in [-0.2, 0) is 11.3 Å². The summed E-state index contributed by atoms with van der Waals surface area (Å²) in [5, 5.41) is 3.14. The van der Waals surface area contributed by atoms with Crippen molar-refractivity contribution in [1.82, 2.24) is 0 Å². The Bertz CT molecular complexity index is 620. The molecule has 0 aliphatic rings. The van der Waals surface area contributed by atoms with Gasteiger partial charge in [-0.05, 0) is 49.6 Å². The zero-order valence-electron chi connectivity index (χ0n) is 10.2. The Labute approximate surface area is 138 Å². The van der Waals surface area contributed by atoms with Gasteiger partial charge in [-0.1, -0.05) is 41.9 Å². The Kier molecular flexibility index (Phi) is 5.46. The first-order valence-electron chi connectivity index (χ1n) is 5.68. The SMILES string of the molecule is O=C(Nc1cc(Cl)c(Br)cc1Br)OCc1ccccc1. The first-order valence-corrected chi connectivity index (χ1v) is 7.65. The van der Waals surface area contributed by atoms with Gasteiger partial charge in [0.1, 0.15) is 6.61 Å². The van der Waals surface area contributed by atoms with Crippen molar-refractivity contribution in [3.8, 4) is 0 Å². The summed E-state index contributed by atoms with van der Waals surface area (Å²) < 4.78 is 6.59. The van der Waals surface area contributed by atoms with E-state index >= 15 is 0 Å². The van der Waals surface area contributed by atoms with E-state index in [1.54, 1.807) is 12.1 Å². The number of carbonyl (C=O) groups is 1. The summed E-state index contributed by atoms with van der Waals surface area (Å²) in [5.74, 6) is 0. The molecule has 3 nitrogen and oxygen atoms in total. The topological polar surface area (TPSA) is 38.3 Å². The molecule has 0 fully saturated rings. The molecule has 6 heteroatoms. The monoisotopic (exact) mass is 417 g/mol. The highest BCUT2D eigenvalue weighted by Gasteiger charge is 2.09. The van der Waals surface area contributed by atoms with E-state index in [0.717, 1.165) is 10.0 Å². The van der Waals surface area contributed by atoms with Crippen LogP contribution in [0.2, 0.25) is 5.02 Å². The van der Waals surface area contributed by atoms with Crippen LogP contribution in [0.1, 0.15) is 5.56 Å². The fourth-order valence-corrected chi connectivity index (χ4v) is 2.74. The van der Waals surface area contributed by atoms with Crippen LogP contribution in [0.3, 0.4) is 0 Å². The largest absolute Gasteiger partial charge is 0.444 e. The lowest BCUT2D eigenvalue weighted by atomic mass is 10.2. The highest BCUT2D eigenvalue weighted by atomic mass is 79.9. The maximum atomic E-state index is 11.7. The summed E-state index contributed by atoms with van der Waals surface area (Å²) >= 11 is 12.6. The number of nitrogens with one attached hydrogen (secondary N) is 1. The maximum Gasteiger partial charge on any atom is 0.411 e. The molecule has 0 atom stereocenters. The Balaban J connectivity index is 1.97. The molecule has 1 N–H and O–H groups in total. The molecule has 1 amide bonds. The molecule has 0 radical (unpaired) electrons. The van der Waals surface area contributed by atoms with Gasteiger partial charge in [0.25, 0.3) is 0 Å². The number of amides is 1. The molecule has 0 aliphatic carbocycles. The van der Waals surface area contributed by atoms with E-state index in [-0.39, 0.29) is 6.61 Å². The standard InChI is InChI=1S/C14H10Br2ClNO2/c15-10-6-11(16)13(7-12(10)17)18-14(19)20-8-9-4-2-1-3-5-9/h1-7H,8H2,(H,18,19). The lowest BCUT2D eigenvalue weighted by molar-refractivity contribution is 0.155. The van der Waals surface area contributed by atoms with Crippen molar-refractivity contribution in [1.29, 1.82) is 0 Å². The number of rotatable bonds is 3. The van der Waals surface area contributed by atoms with Gasteiger partial charge in [-0.3, -0.25) is 5.32 Å². The molecule has 0 aromatic heterocycles. The Hall–Kier alpha value is -1.04. The molecule has 0 saturated carbocycles. The number of ether oxygens (including phenoxy) is 1. The second-order valence-electron chi connectivity index (χ2n) is 3.93. The van der Waals surface area contributed by atoms with E-state index in [4.69, 9.17) is 16.3 Å². The van der Waals surface area contributed by atoms with Crippen LogP contribution < -0.4 is 5.32 Å². The molecule has 20 heavy (non-hydrogen) atoms. The highest BCUT2D eigenvalue weighted by molar-refractivity contribution is 9.11. The lowest BCUT2D eigenvalue weighted by Gasteiger charge is -2.09. The fraction of sp³-hybridized carbons (Fsp3) is 0.0714. The molecule has 0 bridgehead atoms. The second-order valence-corrected chi connectivity index (χ2v) is 6.05. The average molecular weight is 420 g/mol. The highest BCUT2D eigenvalue weighted by Crippen LogP contribution is 2.32. The zero-order valence-corrected chi connectivity index (χ0v) is 14.1. The fourth-order valence-electron chi connectivity index (χ4n) is 1.49. The predicted molar refractivity (Wildman–Crippen MR) is 87.1 cm³/mol. The van der Waals surface area contributed by atoms with Crippen LogP contribution in [0.25, 0.3) is 0 Å². The molecule has 0 spiro atoms. The number of halogens is 3. The van der Waals surface area contributed by atoms with E-state index in [0.29, 0.717) is 15.2 Å². The predicted octanol–water partition coefficient (Wildman–Crippen LogP) is 5.61. The van der Waals surface area contributed by atoms with Gasteiger partial charge < -0.3 is 4.74 Å². The van der Waals surface area contributed by atoms with Crippen LogP contribution in [0, 0.1) is 0 Å². The second kappa shape index (κ2) is 7.11. The van der Waals surface area contributed by atoms with Crippen molar-refractivity contribution in [2.75, 3.05) is 5.32 Å². The molecule has 2 rings (SSSR count). The molecular formula is C14H10Br2ClNO2. The van der Waals surface area contributed by atoms with Gasteiger partial charge in [0.05, 0.1) is 10.7 Å². The van der Waals surface area contributed by atoms with Gasteiger partial charge >= 0.3 is 6.09 Å². The van der Waals surface area contributed by atoms with Gasteiger partial charge in [0.2, 0.25) is 0 Å². The lowest BCUT2D eigenvalue weighted by Crippen LogP contribution is -2.13. The van der Waals surface area contributed by atoms with E-state index in [9.17, 15) is 4.79 Å². The van der Waals surface area contributed by atoms with Crippen molar-refractivity contribution in [2.24, 2.45) is 0 Å². The summed E-state index contributed by atoms with van der Waals surface area (Å²) in [5.41, 5.74) is 1.48. The van der Waals surface area contributed by atoms with Crippen molar-refractivity contribution in [3.05, 3.63) is 62.0 Å². The normalized spacial score (nSPS) is 10.2. The molecule has 2 aromatic rings. The first-order chi connectivity index (χ1) is 9.56. The molecule has 0 aliphatic heterocycles. The van der Waals surface area contributed by atoms with Gasteiger partial charge in [0, 0.05) is 8.95 Å². The van der Waals surface area contributed by atoms with Crippen LogP contribution in [0.5, 0.6) is 0 Å². The maximum absolute atomic E-state index is 11.7. The molecule has 2 aromatic carbocycles.